The second-order valence-corrected chi connectivity index (χ2v) is 8.43. The van der Waals surface area contributed by atoms with E-state index in [0.717, 1.165) is 17.5 Å². The van der Waals surface area contributed by atoms with Crippen LogP contribution in [0.4, 0.5) is 18.9 Å². The molecule has 1 heterocycles. The minimum atomic E-state index is -4.49. The van der Waals surface area contributed by atoms with Gasteiger partial charge in [-0.25, -0.2) is 0 Å². The molecule has 0 amide bonds. The smallest absolute Gasteiger partial charge is 0.412 e. The number of aliphatic carboxylic acids is 1. The summed E-state index contributed by atoms with van der Waals surface area (Å²) in [5, 5.41) is 12.3. The van der Waals surface area contributed by atoms with Crippen molar-refractivity contribution in [3.63, 3.8) is 0 Å². The van der Waals surface area contributed by atoms with Gasteiger partial charge in [-0.1, -0.05) is 36.7 Å². The number of aryl methyl sites for hydroxylation is 2. The Balaban J connectivity index is 1.85. The first-order valence-electron chi connectivity index (χ1n) is 10.2. The molecule has 0 saturated carbocycles. The summed E-state index contributed by atoms with van der Waals surface area (Å²) >= 11 is 5.98. The van der Waals surface area contributed by atoms with Gasteiger partial charge < -0.3 is 10.4 Å². The minimum absolute atomic E-state index is 0.0966. The van der Waals surface area contributed by atoms with E-state index in [9.17, 15) is 23.1 Å². The number of rotatable bonds is 7. The van der Waals surface area contributed by atoms with Crippen LogP contribution in [0.25, 0.3) is 0 Å². The highest BCUT2D eigenvalue weighted by Gasteiger charge is 2.41. The number of alkyl halides is 3. The Kier molecular flexibility index (Phi) is 7.17. The van der Waals surface area contributed by atoms with Gasteiger partial charge in [-0.2, -0.15) is 13.2 Å². The molecule has 0 bridgehead atoms. The number of anilines is 1. The minimum Gasteiger partial charge on any atom is -0.481 e. The van der Waals surface area contributed by atoms with E-state index in [4.69, 9.17) is 11.6 Å². The Bertz CT molecular complexity index is 949. The highest BCUT2D eigenvalue weighted by molar-refractivity contribution is 6.31. The second-order valence-electron chi connectivity index (χ2n) is 8.02. The monoisotopic (exact) mass is 454 g/mol. The van der Waals surface area contributed by atoms with Crippen molar-refractivity contribution >= 4 is 23.3 Å². The molecular formula is C23H26ClF3N2O2. The third-order valence-electron chi connectivity index (χ3n) is 5.76. The number of likely N-dealkylation sites (tertiary alicyclic amines) is 1. The Morgan fingerprint density at radius 2 is 2.00 bits per heavy atom. The van der Waals surface area contributed by atoms with Crippen molar-refractivity contribution in [1.82, 2.24) is 4.90 Å². The number of halogens is 4. The summed E-state index contributed by atoms with van der Waals surface area (Å²) < 4.78 is 41.6. The molecule has 1 aliphatic heterocycles. The number of carboxylic acids is 1. The number of hydrogen-bond donors (Lipinski definition) is 2. The lowest BCUT2D eigenvalue weighted by Gasteiger charge is -2.25. The van der Waals surface area contributed by atoms with Crippen LogP contribution in [0.1, 0.15) is 41.6 Å². The van der Waals surface area contributed by atoms with Crippen LogP contribution in [0, 0.1) is 12.8 Å². The first kappa shape index (κ1) is 23.4. The molecule has 0 radical (unpaired) electrons. The van der Waals surface area contributed by atoms with Crippen molar-refractivity contribution in [3.8, 4) is 0 Å². The van der Waals surface area contributed by atoms with Crippen LogP contribution in [0.15, 0.2) is 36.4 Å². The van der Waals surface area contributed by atoms with Gasteiger partial charge in [0.1, 0.15) is 6.04 Å². The van der Waals surface area contributed by atoms with Crippen LogP contribution >= 0.6 is 11.6 Å². The number of carboxylic acid groups (broad SMARTS) is 1. The number of nitrogens with one attached hydrogen (secondary N) is 1. The summed E-state index contributed by atoms with van der Waals surface area (Å²) in [7, 11) is 0. The Morgan fingerprint density at radius 1 is 1.26 bits per heavy atom. The molecule has 2 aromatic rings. The zero-order chi connectivity index (χ0) is 22.8. The standard InChI is InChI=1S/C23H26ClF3N2O2/c1-3-15-4-6-19(11-18(15)13-29-9-8-17(12-29)22(30)31)28-21(23(25,26)27)16-5-7-20(24)14(2)10-16/h4-7,10-11,17,21,28H,3,8-9,12-13H2,1-2H3,(H,30,31). The van der Waals surface area contributed by atoms with Crippen molar-refractivity contribution < 1.29 is 23.1 Å². The summed E-state index contributed by atoms with van der Waals surface area (Å²) in [5.41, 5.74) is 3.00. The molecular weight excluding hydrogens is 429 g/mol. The molecule has 2 unspecified atom stereocenters. The summed E-state index contributed by atoms with van der Waals surface area (Å²) in [6.07, 6.45) is -3.17. The average molecular weight is 455 g/mol. The summed E-state index contributed by atoms with van der Waals surface area (Å²) in [5.74, 6) is -1.20. The van der Waals surface area contributed by atoms with Crippen molar-refractivity contribution in [1.29, 1.82) is 0 Å². The predicted molar refractivity (Wildman–Crippen MR) is 115 cm³/mol. The fourth-order valence-corrected chi connectivity index (χ4v) is 4.11. The van der Waals surface area contributed by atoms with E-state index in [-0.39, 0.29) is 5.56 Å². The van der Waals surface area contributed by atoms with Crippen LogP contribution in [0.3, 0.4) is 0 Å². The largest absolute Gasteiger partial charge is 0.481 e. The van der Waals surface area contributed by atoms with Crippen LogP contribution in [0.5, 0.6) is 0 Å². The maximum absolute atomic E-state index is 13.9. The Hall–Kier alpha value is -2.25. The van der Waals surface area contributed by atoms with E-state index in [2.05, 4.69) is 5.32 Å². The fourth-order valence-electron chi connectivity index (χ4n) is 3.99. The number of benzene rings is 2. The quantitative estimate of drug-likeness (QED) is 0.552. The molecule has 0 aromatic heterocycles. The lowest BCUT2D eigenvalue weighted by molar-refractivity contribution is -0.144. The Morgan fingerprint density at radius 3 is 2.58 bits per heavy atom. The molecule has 2 aromatic carbocycles. The Labute approximate surface area is 185 Å². The van der Waals surface area contributed by atoms with Crippen molar-refractivity contribution in [2.24, 2.45) is 5.92 Å². The second kappa shape index (κ2) is 9.49. The molecule has 168 valence electrons. The summed E-state index contributed by atoms with van der Waals surface area (Å²) in [6.45, 7) is 5.29. The lowest BCUT2D eigenvalue weighted by atomic mass is 10.0. The molecule has 2 atom stereocenters. The third-order valence-corrected chi connectivity index (χ3v) is 6.18. The van der Waals surface area contributed by atoms with E-state index >= 15 is 0 Å². The first-order valence-corrected chi connectivity index (χ1v) is 10.6. The van der Waals surface area contributed by atoms with Gasteiger partial charge in [-0.15, -0.1) is 0 Å². The number of nitrogens with zero attached hydrogens (tertiary/aromatic N) is 1. The number of carbonyl (C=O) groups is 1. The van der Waals surface area contributed by atoms with E-state index in [1.807, 2.05) is 17.9 Å². The van der Waals surface area contributed by atoms with Crippen molar-refractivity contribution in [2.75, 3.05) is 18.4 Å². The topological polar surface area (TPSA) is 52.6 Å². The van der Waals surface area contributed by atoms with Gasteiger partial charge in [-0.05, 0) is 66.8 Å². The molecule has 2 N–H and O–H groups in total. The van der Waals surface area contributed by atoms with Crippen LogP contribution in [0.2, 0.25) is 5.02 Å². The molecule has 0 aliphatic carbocycles. The van der Waals surface area contributed by atoms with E-state index in [1.54, 1.807) is 19.1 Å². The number of hydrogen-bond acceptors (Lipinski definition) is 3. The third kappa shape index (κ3) is 5.71. The average Bonchev–Trinajstić information content (AvgIpc) is 3.17. The van der Waals surface area contributed by atoms with Crippen LogP contribution in [-0.4, -0.2) is 35.2 Å². The van der Waals surface area contributed by atoms with E-state index < -0.39 is 24.1 Å². The van der Waals surface area contributed by atoms with E-state index in [0.29, 0.717) is 42.3 Å². The first-order chi connectivity index (χ1) is 14.6. The molecule has 1 aliphatic rings. The molecule has 4 nitrogen and oxygen atoms in total. The zero-order valence-corrected chi connectivity index (χ0v) is 18.2. The SMILES string of the molecule is CCc1ccc(NC(c2ccc(Cl)c(C)c2)C(F)(F)F)cc1CN1CCC(C(=O)O)C1. The summed E-state index contributed by atoms with van der Waals surface area (Å²) in [6, 6.07) is 7.69. The molecule has 3 rings (SSSR count). The zero-order valence-electron chi connectivity index (χ0n) is 17.5. The molecule has 0 spiro atoms. The van der Waals surface area contributed by atoms with E-state index in [1.165, 1.54) is 18.2 Å². The van der Waals surface area contributed by atoms with Crippen molar-refractivity contribution in [3.05, 3.63) is 63.7 Å². The summed E-state index contributed by atoms with van der Waals surface area (Å²) in [4.78, 5) is 13.3. The molecule has 1 fully saturated rings. The highest BCUT2D eigenvalue weighted by atomic mass is 35.5. The lowest BCUT2D eigenvalue weighted by Crippen LogP contribution is -2.28. The maximum atomic E-state index is 13.9. The normalized spacial score (nSPS) is 18.2. The van der Waals surface area contributed by atoms with Gasteiger partial charge >= 0.3 is 12.1 Å². The highest BCUT2D eigenvalue weighted by Crippen LogP contribution is 2.37. The predicted octanol–water partition coefficient (Wildman–Crippen LogP) is 5.83. The van der Waals surface area contributed by atoms with Gasteiger partial charge in [0.05, 0.1) is 5.92 Å². The molecule has 31 heavy (non-hydrogen) atoms. The fraction of sp³-hybridized carbons (Fsp3) is 0.435. The maximum Gasteiger partial charge on any atom is 0.412 e. The van der Waals surface area contributed by atoms with Gasteiger partial charge in [0, 0.05) is 23.8 Å². The van der Waals surface area contributed by atoms with Crippen LogP contribution in [-0.2, 0) is 17.8 Å². The van der Waals surface area contributed by atoms with Crippen LogP contribution < -0.4 is 5.32 Å². The van der Waals surface area contributed by atoms with Gasteiger partial charge in [0.2, 0.25) is 0 Å². The van der Waals surface area contributed by atoms with Crippen molar-refractivity contribution in [2.45, 2.75) is 45.5 Å². The molecule has 8 heteroatoms. The van der Waals surface area contributed by atoms with Gasteiger partial charge in [0.15, 0.2) is 0 Å². The van der Waals surface area contributed by atoms with Gasteiger partial charge in [-0.3, -0.25) is 9.69 Å². The van der Waals surface area contributed by atoms with Gasteiger partial charge in [0.25, 0.3) is 0 Å². The molecule has 1 saturated heterocycles.